The number of hydrogen-bond acceptors (Lipinski definition) is 7. The molecule has 1 amide bonds. The Kier molecular flexibility index (Phi) is 6.21. The Morgan fingerprint density at radius 3 is 2.65 bits per heavy atom. The lowest BCUT2D eigenvalue weighted by Crippen LogP contribution is -2.45. The molecular formula is C25H23ClFN5O4S. The van der Waals surface area contributed by atoms with Crippen molar-refractivity contribution in [3.8, 4) is 10.6 Å². The summed E-state index contributed by atoms with van der Waals surface area (Å²) in [6.07, 6.45) is 4.10. The average Bonchev–Trinajstić information content (AvgIpc) is 3.27. The van der Waals surface area contributed by atoms with E-state index in [2.05, 4.69) is 20.4 Å². The van der Waals surface area contributed by atoms with Crippen LogP contribution < -0.4 is 5.32 Å². The van der Waals surface area contributed by atoms with E-state index in [1.165, 1.54) is 28.7 Å². The second kappa shape index (κ2) is 9.55. The minimum atomic E-state index is -1.26. The van der Waals surface area contributed by atoms with Gasteiger partial charge in [-0.3, -0.25) is 4.79 Å². The van der Waals surface area contributed by atoms with E-state index in [1.54, 1.807) is 12.1 Å². The van der Waals surface area contributed by atoms with E-state index in [4.69, 9.17) is 16.1 Å². The lowest BCUT2D eigenvalue weighted by Gasteiger charge is -2.32. The molecule has 9 nitrogen and oxygen atoms in total. The van der Waals surface area contributed by atoms with Crippen LogP contribution in [0.15, 0.2) is 34.9 Å². The smallest absolute Gasteiger partial charge is 0.337 e. The molecule has 3 aromatic heterocycles. The normalized spacial score (nSPS) is 16.9. The van der Waals surface area contributed by atoms with Crippen molar-refractivity contribution >= 4 is 45.8 Å². The zero-order valence-corrected chi connectivity index (χ0v) is 21.2. The Morgan fingerprint density at radius 1 is 1.19 bits per heavy atom. The summed E-state index contributed by atoms with van der Waals surface area (Å²) in [5.41, 5.74) is 0.196. The second-order valence-electron chi connectivity index (χ2n) is 9.42. The summed E-state index contributed by atoms with van der Waals surface area (Å²) >= 11 is 7.36. The Labute approximate surface area is 219 Å². The molecule has 0 bridgehead atoms. The predicted molar refractivity (Wildman–Crippen MR) is 136 cm³/mol. The number of carbonyl (C=O) groups is 2. The van der Waals surface area contributed by atoms with Crippen molar-refractivity contribution in [3.05, 3.63) is 57.6 Å². The van der Waals surface area contributed by atoms with Gasteiger partial charge in [0.25, 0.3) is 5.91 Å². The van der Waals surface area contributed by atoms with Crippen LogP contribution in [-0.2, 0) is 6.54 Å². The number of halogens is 2. The first kappa shape index (κ1) is 24.1. The number of nitrogens with zero attached hydrogens (tertiary/aromatic N) is 4. The van der Waals surface area contributed by atoms with Crippen LogP contribution in [-0.4, -0.2) is 61.8 Å². The highest BCUT2D eigenvalue weighted by Gasteiger charge is 2.33. The van der Waals surface area contributed by atoms with Gasteiger partial charge in [-0.15, -0.1) is 11.3 Å². The van der Waals surface area contributed by atoms with Gasteiger partial charge in [0.1, 0.15) is 22.5 Å². The highest BCUT2D eigenvalue weighted by molar-refractivity contribution is 7.19. The number of carboxylic acid groups (broad SMARTS) is 1. The molecule has 12 heteroatoms. The van der Waals surface area contributed by atoms with Crippen LogP contribution in [0.25, 0.3) is 21.6 Å². The summed E-state index contributed by atoms with van der Waals surface area (Å²) in [7, 11) is 0. The van der Waals surface area contributed by atoms with Gasteiger partial charge in [-0.25, -0.2) is 14.2 Å². The minimum Gasteiger partial charge on any atom is -0.478 e. The van der Waals surface area contributed by atoms with Crippen molar-refractivity contribution in [2.75, 3.05) is 13.1 Å². The molecule has 2 aliphatic rings. The van der Waals surface area contributed by atoms with Crippen LogP contribution in [0.1, 0.15) is 52.4 Å². The van der Waals surface area contributed by atoms with Gasteiger partial charge in [0.2, 0.25) is 5.82 Å². The van der Waals surface area contributed by atoms with Crippen LogP contribution in [0.5, 0.6) is 0 Å². The molecule has 0 atom stereocenters. The summed E-state index contributed by atoms with van der Waals surface area (Å²) in [5.74, 6) is -2.16. The van der Waals surface area contributed by atoms with Crippen molar-refractivity contribution < 1.29 is 23.6 Å². The number of benzene rings is 1. The number of rotatable bonds is 7. The summed E-state index contributed by atoms with van der Waals surface area (Å²) in [6, 6.07) is 8.10. The Balaban J connectivity index is 1.33. The first-order valence-electron chi connectivity index (χ1n) is 12.1. The van der Waals surface area contributed by atoms with Crippen LogP contribution in [0.3, 0.4) is 0 Å². The summed E-state index contributed by atoms with van der Waals surface area (Å²) in [5, 5.41) is 16.8. The van der Waals surface area contributed by atoms with Crippen molar-refractivity contribution in [1.82, 2.24) is 24.9 Å². The fraction of sp³-hybridized carbons (Fsp3) is 0.360. The molecule has 4 aromatic rings. The van der Waals surface area contributed by atoms with Gasteiger partial charge in [-0.2, -0.15) is 0 Å². The van der Waals surface area contributed by atoms with E-state index in [0.29, 0.717) is 21.8 Å². The Bertz CT molecular complexity index is 1500. The number of fused-ring (bicyclic) bond motifs is 1. The number of imidazole rings is 1. The van der Waals surface area contributed by atoms with Crippen molar-refractivity contribution in [2.45, 2.75) is 44.3 Å². The molecule has 1 saturated carbocycles. The molecule has 0 radical (unpaired) electrons. The first-order valence-corrected chi connectivity index (χ1v) is 13.2. The molecule has 4 heterocycles. The standard InChI is InChI=1S/C25H23ClFN5O4S/c26-20-6-5-19(37-20)18-11-15(36-30-18)12-32-22-17(27)4-3-16(25(34)35)21(22)29-23(32)24(33)28-13-7-9-31(10-8-13)14-1-2-14/h3-6,11,13-14H,1-2,7-10,12H2,(H,28,33)(H,34,35). The van der Waals surface area contributed by atoms with Crippen LogP contribution in [0, 0.1) is 5.82 Å². The molecule has 37 heavy (non-hydrogen) atoms. The average molecular weight is 544 g/mol. The number of aromatic carboxylic acids is 1. The molecule has 0 spiro atoms. The van der Waals surface area contributed by atoms with E-state index < -0.39 is 17.7 Å². The highest BCUT2D eigenvalue weighted by Crippen LogP contribution is 2.32. The van der Waals surface area contributed by atoms with Gasteiger partial charge >= 0.3 is 5.97 Å². The fourth-order valence-electron chi connectivity index (χ4n) is 4.91. The molecule has 0 unspecified atom stereocenters. The number of hydrogen-bond donors (Lipinski definition) is 2. The van der Waals surface area contributed by atoms with E-state index >= 15 is 4.39 Å². The second-order valence-corrected chi connectivity index (χ2v) is 11.1. The van der Waals surface area contributed by atoms with E-state index in [-0.39, 0.29) is 35.0 Å². The van der Waals surface area contributed by atoms with Gasteiger partial charge in [-0.1, -0.05) is 16.8 Å². The van der Waals surface area contributed by atoms with Crippen molar-refractivity contribution in [3.63, 3.8) is 0 Å². The lowest BCUT2D eigenvalue weighted by atomic mass is 10.0. The SMILES string of the molecule is O=C(O)c1ccc(F)c2c1nc(C(=O)NC1CCN(C3CC3)CC1)n2Cc1cc(-c2ccc(Cl)s2)no1. The quantitative estimate of drug-likeness (QED) is 0.349. The molecule has 2 fully saturated rings. The number of aromatic nitrogens is 3. The highest BCUT2D eigenvalue weighted by atomic mass is 35.5. The topological polar surface area (TPSA) is 113 Å². The maximum atomic E-state index is 15.1. The molecule has 1 saturated heterocycles. The number of piperidine rings is 1. The number of carbonyl (C=O) groups excluding carboxylic acids is 1. The first-order chi connectivity index (χ1) is 17.9. The minimum absolute atomic E-state index is 0.0417. The summed E-state index contributed by atoms with van der Waals surface area (Å²) in [4.78, 5) is 32.8. The van der Waals surface area contributed by atoms with Gasteiger partial charge in [0.05, 0.1) is 21.3 Å². The number of carboxylic acids is 1. The van der Waals surface area contributed by atoms with Gasteiger partial charge in [-0.05, 0) is 49.9 Å². The molecule has 2 N–H and O–H groups in total. The summed E-state index contributed by atoms with van der Waals surface area (Å²) in [6.45, 7) is 1.76. The fourth-order valence-corrected chi connectivity index (χ4v) is 5.90. The zero-order valence-electron chi connectivity index (χ0n) is 19.6. The molecule has 192 valence electrons. The molecule has 1 aliphatic heterocycles. The number of thiophene rings is 1. The van der Waals surface area contributed by atoms with Crippen molar-refractivity contribution in [2.24, 2.45) is 0 Å². The molecule has 1 aliphatic carbocycles. The zero-order chi connectivity index (χ0) is 25.7. The van der Waals surface area contributed by atoms with Crippen molar-refractivity contribution in [1.29, 1.82) is 0 Å². The molecular weight excluding hydrogens is 521 g/mol. The van der Waals surface area contributed by atoms with E-state index in [0.717, 1.165) is 42.9 Å². The number of nitrogens with one attached hydrogen (secondary N) is 1. The maximum absolute atomic E-state index is 15.1. The third-order valence-corrected chi connectivity index (χ3v) is 8.16. The Morgan fingerprint density at radius 2 is 1.97 bits per heavy atom. The predicted octanol–water partition coefficient (Wildman–Crippen LogP) is 4.65. The third-order valence-electron chi connectivity index (χ3n) is 6.91. The number of likely N-dealkylation sites (tertiary alicyclic amines) is 1. The lowest BCUT2D eigenvalue weighted by molar-refractivity contribution is 0.0698. The van der Waals surface area contributed by atoms with Crippen LogP contribution in [0.2, 0.25) is 4.34 Å². The van der Waals surface area contributed by atoms with Crippen LogP contribution >= 0.6 is 22.9 Å². The summed E-state index contributed by atoms with van der Waals surface area (Å²) < 4.78 is 22.5. The van der Waals surface area contributed by atoms with Gasteiger partial charge in [0.15, 0.2) is 5.76 Å². The number of amides is 1. The maximum Gasteiger partial charge on any atom is 0.337 e. The molecule has 6 rings (SSSR count). The molecule has 1 aromatic carbocycles. The third kappa shape index (κ3) is 4.74. The monoisotopic (exact) mass is 543 g/mol. The van der Waals surface area contributed by atoms with Gasteiger partial charge in [0, 0.05) is 31.2 Å². The van der Waals surface area contributed by atoms with E-state index in [1.807, 2.05) is 6.07 Å². The van der Waals surface area contributed by atoms with E-state index in [9.17, 15) is 14.7 Å². The van der Waals surface area contributed by atoms with Gasteiger partial charge < -0.3 is 24.4 Å². The van der Waals surface area contributed by atoms with Crippen LogP contribution in [0.4, 0.5) is 4.39 Å². The Hall–Kier alpha value is -3.28. The largest absolute Gasteiger partial charge is 0.478 e.